The number of carbonyl (C=O) groups excluding carboxylic acids is 1. The summed E-state index contributed by atoms with van der Waals surface area (Å²) in [5.74, 6) is 0.423. The first-order valence-electron chi connectivity index (χ1n) is 5.47. The van der Waals surface area contributed by atoms with Gasteiger partial charge >= 0.3 is 0 Å². The Balaban J connectivity index is 2.14. The molecule has 86 valence electrons. The molecule has 0 unspecified atom stereocenters. The summed E-state index contributed by atoms with van der Waals surface area (Å²) in [5, 5.41) is 8.21. The number of halogens is 1. The van der Waals surface area contributed by atoms with Gasteiger partial charge in [-0.15, -0.1) is 5.10 Å². The molecule has 0 saturated heterocycles. The number of hydrogen-bond donors (Lipinski definition) is 0. The van der Waals surface area contributed by atoms with Crippen molar-refractivity contribution in [1.29, 1.82) is 0 Å². The molecule has 1 aliphatic carbocycles. The highest BCUT2D eigenvalue weighted by Crippen LogP contribution is 2.40. The lowest BCUT2D eigenvalue weighted by Gasteiger charge is -2.04. The van der Waals surface area contributed by atoms with Crippen LogP contribution in [0.25, 0.3) is 5.69 Å². The van der Waals surface area contributed by atoms with Crippen LogP contribution in [0.5, 0.6) is 0 Å². The molecule has 17 heavy (non-hydrogen) atoms. The SMILES string of the molecule is O=Cc1c(C2CC2)nnn1-c1ccccc1Br. The highest BCUT2D eigenvalue weighted by molar-refractivity contribution is 9.10. The fourth-order valence-electron chi connectivity index (χ4n) is 1.86. The highest BCUT2D eigenvalue weighted by atomic mass is 79.9. The molecule has 3 rings (SSSR count). The Kier molecular flexibility index (Phi) is 2.55. The minimum absolute atomic E-state index is 0.423. The Morgan fingerprint density at radius 2 is 2.12 bits per heavy atom. The topological polar surface area (TPSA) is 47.8 Å². The number of nitrogens with zero attached hydrogens (tertiary/aromatic N) is 3. The Bertz CT molecular complexity index is 575. The van der Waals surface area contributed by atoms with E-state index in [0.717, 1.165) is 35.0 Å². The Morgan fingerprint density at radius 3 is 2.76 bits per heavy atom. The molecule has 0 radical (unpaired) electrons. The number of carbonyl (C=O) groups is 1. The molecule has 0 atom stereocenters. The quantitative estimate of drug-likeness (QED) is 0.817. The Morgan fingerprint density at radius 1 is 1.35 bits per heavy atom. The van der Waals surface area contributed by atoms with Crippen LogP contribution in [0.15, 0.2) is 28.7 Å². The molecule has 2 aromatic rings. The average Bonchev–Trinajstić information content (AvgIpc) is 3.10. The molecule has 0 bridgehead atoms. The van der Waals surface area contributed by atoms with Gasteiger partial charge in [0.25, 0.3) is 0 Å². The second-order valence-electron chi connectivity index (χ2n) is 4.12. The van der Waals surface area contributed by atoms with E-state index in [2.05, 4.69) is 26.2 Å². The predicted octanol–water partition coefficient (Wildman–Crippen LogP) is 2.72. The van der Waals surface area contributed by atoms with E-state index in [9.17, 15) is 4.79 Å². The molecule has 5 heteroatoms. The van der Waals surface area contributed by atoms with Crippen LogP contribution in [0.2, 0.25) is 0 Å². The lowest BCUT2D eigenvalue weighted by molar-refractivity contribution is 0.111. The minimum Gasteiger partial charge on any atom is -0.296 e. The van der Waals surface area contributed by atoms with Crippen molar-refractivity contribution in [2.24, 2.45) is 0 Å². The Labute approximate surface area is 107 Å². The molecule has 1 saturated carbocycles. The molecule has 0 amide bonds. The van der Waals surface area contributed by atoms with Crippen LogP contribution < -0.4 is 0 Å². The van der Waals surface area contributed by atoms with E-state index in [0.29, 0.717) is 11.6 Å². The summed E-state index contributed by atoms with van der Waals surface area (Å²) in [7, 11) is 0. The lowest BCUT2D eigenvalue weighted by atomic mass is 10.2. The summed E-state index contributed by atoms with van der Waals surface area (Å²) in [5.41, 5.74) is 2.24. The second kappa shape index (κ2) is 4.07. The average molecular weight is 292 g/mol. The van der Waals surface area contributed by atoms with Gasteiger partial charge in [0.05, 0.1) is 11.4 Å². The lowest BCUT2D eigenvalue weighted by Crippen LogP contribution is -2.03. The molecule has 1 heterocycles. The van der Waals surface area contributed by atoms with Gasteiger partial charge in [-0.05, 0) is 40.9 Å². The van der Waals surface area contributed by atoms with Crippen molar-refractivity contribution >= 4 is 22.2 Å². The molecule has 1 aromatic heterocycles. The van der Waals surface area contributed by atoms with Gasteiger partial charge in [-0.3, -0.25) is 4.79 Å². The van der Waals surface area contributed by atoms with Crippen LogP contribution in [-0.4, -0.2) is 21.3 Å². The van der Waals surface area contributed by atoms with Gasteiger partial charge in [0.1, 0.15) is 5.69 Å². The normalized spacial score (nSPS) is 14.9. The van der Waals surface area contributed by atoms with Gasteiger partial charge in [0.2, 0.25) is 0 Å². The van der Waals surface area contributed by atoms with E-state index >= 15 is 0 Å². The first-order chi connectivity index (χ1) is 8.31. The second-order valence-corrected chi connectivity index (χ2v) is 4.97. The van der Waals surface area contributed by atoms with Crippen LogP contribution in [0, 0.1) is 0 Å². The van der Waals surface area contributed by atoms with E-state index in [4.69, 9.17) is 0 Å². The van der Waals surface area contributed by atoms with E-state index in [-0.39, 0.29) is 0 Å². The number of rotatable bonds is 3. The van der Waals surface area contributed by atoms with E-state index < -0.39 is 0 Å². The van der Waals surface area contributed by atoms with Crippen molar-refractivity contribution in [3.63, 3.8) is 0 Å². The zero-order chi connectivity index (χ0) is 11.8. The molecule has 1 fully saturated rings. The van der Waals surface area contributed by atoms with Gasteiger partial charge in [0, 0.05) is 10.4 Å². The smallest absolute Gasteiger partial charge is 0.170 e. The maximum Gasteiger partial charge on any atom is 0.170 e. The van der Waals surface area contributed by atoms with Gasteiger partial charge in [-0.25, -0.2) is 4.68 Å². The number of aromatic nitrogens is 3. The van der Waals surface area contributed by atoms with Crippen LogP contribution in [0.1, 0.15) is 34.9 Å². The van der Waals surface area contributed by atoms with Crippen molar-refractivity contribution in [3.8, 4) is 5.69 Å². The summed E-state index contributed by atoms with van der Waals surface area (Å²) in [6.07, 6.45) is 3.05. The molecule has 1 aliphatic rings. The Hall–Kier alpha value is -1.49. The van der Waals surface area contributed by atoms with Crippen molar-refractivity contribution in [1.82, 2.24) is 15.0 Å². The maximum absolute atomic E-state index is 11.2. The number of aldehydes is 1. The van der Waals surface area contributed by atoms with E-state index in [1.165, 1.54) is 0 Å². The molecule has 0 spiro atoms. The summed E-state index contributed by atoms with van der Waals surface area (Å²) >= 11 is 3.45. The third kappa shape index (κ3) is 1.80. The van der Waals surface area contributed by atoms with Crippen LogP contribution in [0.3, 0.4) is 0 Å². The molecule has 0 aliphatic heterocycles. The number of hydrogen-bond acceptors (Lipinski definition) is 3. The summed E-state index contributed by atoms with van der Waals surface area (Å²) in [6, 6.07) is 7.66. The van der Waals surface area contributed by atoms with Gasteiger partial charge < -0.3 is 0 Å². The molecular weight excluding hydrogens is 282 g/mol. The zero-order valence-corrected chi connectivity index (χ0v) is 10.6. The molecular formula is C12H10BrN3O. The van der Waals surface area contributed by atoms with Crippen molar-refractivity contribution in [2.75, 3.05) is 0 Å². The first kappa shape index (κ1) is 10.7. The van der Waals surface area contributed by atoms with Crippen LogP contribution in [-0.2, 0) is 0 Å². The molecule has 4 nitrogen and oxygen atoms in total. The largest absolute Gasteiger partial charge is 0.296 e. The van der Waals surface area contributed by atoms with E-state index in [1.807, 2.05) is 24.3 Å². The zero-order valence-electron chi connectivity index (χ0n) is 9.01. The monoisotopic (exact) mass is 291 g/mol. The van der Waals surface area contributed by atoms with Crippen LogP contribution in [0.4, 0.5) is 0 Å². The van der Waals surface area contributed by atoms with Crippen molar-refractivity contribution in [3.05, 3.63) is 40.1 Å². The minimum atomic E-state index is 0.423. The van der Waals surface area contributed by atoms with Gasteiger partial charge in [0.15, 0.2) is 6.29 Å². The molecule has 0 N–H and O–H groups in total. The third-order valence-electron chi connectivity index (χ3n) is 2.89. The summed E-state index contributed by atoms with van der Waals surface area (Å²) in [4.78, 5) is 11.2. The van der Waals surface area contributed by atoms with Gasteiger partial charge in [-0.2, -0.15) is 0 Å². The van der Waals surface area contributed by atoms with Crippen LogP contribution >= 0.6 is 15.9 Å². The third-order valence-corrected chi connectivity index (χ3v) is 3.56. The predicted molar refractivity (Wildman–Crippen MR) is 66.4 cm³/mol. The van der Waals surface area contributed by atoms with Gasteiger partial charge in [-0.1, -0.05) is 17.3 Å². The molecule has 1 aromatic carbocycles. The number of para-hydroxylation sites is 1. The van der Waals surface area contributed by atoms with Crippen molar-refractivity contribution < 1.29 is 4.79 Å². The fraction of sp³-hybridized carbons (Fsp3) is 0.250. The van der Waals surface area contributed by atoms with Crippen molar-refractivity contribution in [2.45, 2.75) is 18.8 Å². The number of benzene rings is 1. The fourth-order valence-corrected chi connectivity index (χ4v) is 2.31. The van der Waals surface area contributed by atoms with E-state index in [1.54, 1.807) is 4.68 Å². The standard InChI is InChI=1S/C12H10BrN3O/c13-9-3-1-2-4-10(9)16-11(7-17)12(14-15-16)8-5-6-8/h1-4,7-8H,5-6H2. The maximum atomic E-state index is 11.2. The highest BCUT2D eigenvalue weighted by Gasteiger charge is 2.30. The summed E-state index contributed by atoms with van der Waals surface area (Å²) < 4.78 is 2.50. The first-order valence-corrected chi connectivity index (χ1v) is 6.26. The summed E-state index contributed by atoms with van der Waals surface area (Å²) in [6.45, 7) is 0.